The molecule has 100 valence electrons. The maximum atomic E-state index is 6.32. The third-order valence-electron chi connectivity index (χ3n) is 3.77. The second-order valence-corrected chi connectivity index (χ2v) is 5.35. The third kappa shape index (κ3) is 2.37. The second kappa shape index (κ2) is 5.08. The van der Waals surface area contributed by atoms with E-state index in [1.54, 1.807) is 0 Å². The molecule has 19 heavy (non-hydrogen) atoms. The molecule has 0 atom stereocenters. The molecule has 0 saturated heterocycles. The fourth-order valence-electron chi connectivity index (χ4n) is 2.49. The average molecular weight is 255 g/mol. The number of nitrogens with zero attached hydrogens (tertiary/aromatic N) is 2. The van der Waals surface area contributed by atoms with E-state index in [1.807, 2.05) is 6.07 Å². The highest BCUT2D eigenvalue weighted by Crippen LogP contribution is 2.43. The van der Waals surface area contributed by atoms with Crippen molar-refractivity contribution in [3.05, 3.63) is 36.0 Å². The van der Waals surface area contributed by atoms with E-state index in [0.29, 0.717) is 5.92 Å². The van der Waals surface area contributed by atoms with Crippen LogP contribution in [0, 0.1) is 0 Å². The van der Waals surface area contributed by atoms with E-state index < -0.39 is 0 Å². The molecule has 2 N–H and O–H groups in total. The predicted octanol–water partition coefficient (Wildman–Crippen LogP) is 3.81. The van der Waals surface area contributed by atoms with Crippen molar-refractivity contribution in [2.75, 3.05) is 5.73 Å². The molecule has 0 amide bonds. The zero-order chi connectivity index (χ0) is 13.2. The highest BCUT2D eigenvalue weighted by Gasteiger charge is 2.30. The Balaban J connectivity index is 2.03. The van der Waals surface area contributed by atoms with Gasteiger partial charge in [0.25, 0.3) is 0 Å². The highest BCUT2D eigenvalue weighted by atomic mass is 15.1. The Hall–Kier alpha value is -1.77. The number of nitrogens with two attached hydrogens (primary N) is 1. The molecule has 1 aliphatic carbocycles. The molecule has 1 fully saturated rings. The third-order valence-corrected chi connectivity index (χ3v) is 3.77. The van der Waals surface area contributed by atoms with E-state index in [9.17, 15) is 0 Å². The molecule has 1 saturated carbocycles. The van der Waals surface area contributed by atoms with Gasteiger partial charge in [-0.1, -0.05) is 43.7 Å². The normalized spacial score (nSPS) is 14.8. The molecule has 0 aliphatic heterocycles. The van der Waals surface area contributed by atoms with Crippen molar-refractivity contribution in [3.63, 3.8) is 0 Å². The smallest absolute Gasteiger partial charge is 0.141 e. The first-order valence-corrected chi connectivity index (χ1v) is 7.22. The molecule has 3 nitrogen and oxygen atoms in total. The van der Waals surface area contributed by atoms with Crippen LogP contribution in [0.3, 0.4) is 0 Å². The average Bonchev–Trinajstić information content (AvgIpc) is 3.23. The first kappa shape index (κ1) is 12.3. The van der Waals surface area contributed by atoms with Gasteiger partial charge < -0.3 is 10.3 Å². The van der Waals surface area contributed by atoms with E-state index in [2.05, 4.69) is 35.8 Å². The Morgan fingerprint density at radius 3 is 2.63 bits per heavy atom. The van der Waals surface area contributed by atoms with Crippen molar-refractivity contribution in [2.24, 2.45) is 0 Å². The monoisotopic (exact) mass is 255 g/mol. The van der Waals surface area contributed by atoms with Crippen LogP contribution >= 0.6 is 0 Å². The van der Waals surface area contributed by atoms with Crippen LogP contribution in [0.15, 0.2) is 30.3 Å². The fraction of sp³-hybridized carbons (Fsp3) is 0.438. The first-order valence-electron chi connectivity index (χ1n) is 7.22. The molecule has 1 aromatic carbocycles. The summed E-state index contributed by atoms with van der Waals surface area (Å²) >= 11 is 0. The van der Waals surface area contributed by atoms with Crippen molar-refractivity contribution in [1.29, 1.82) is 0 Å². The Bertz CT molecular complexity index is 553. The zero-order valence-electron chi connectivity index (χ0n) is 11.5. The zero-order valence-corrected chi connectivity index (χ0v) is 11.5. The van der Waals surface area contributed by atoms with E-state index in [1.165, 1.54) is 19.3 Å². The van der Waals surface area contributed by atoms with Crippen molar-refractivity contribution >= 4 is 5.82 Å². The molecule has 1 aliphatic rings. The summed E-state index contributed by atoms with van der Waals surface area (Å²) in [5, 5.41) is 0. The minimum atomic E-state index is 0.602. The Kier molecular flexibility index (Phi) is 3.28. The Morgan fingerprint density at radius 2 is 2.00 bits per heavy atom. The largest absolute Gasteiger partial charge is 0.384 e. The number of hydrogen-bond acceptors (Lipinski definition) is 2. The molecule has 1 aromatic heterocycles. The minimum Gasteiger partial charge on any atom is -0.384 e. The molecule has 0 bridgehead atoms. The van der Waals surface area contributed by atoms with E-state index in [-0.39, 0.29) is 0 Å². The van der Waals surface area contributed by atoms with Crippen LogP contribution in [-0.2, 0) is 6.54 Å². The van der Waals surface area contributed by atoms with Crippen molar-refractivity contribution < 1.29 is 0 Å². The van der Waals surface area contributed by atoms with Gasteiger partial charge in [-0.05, 0) is 19.3 Å². The summed E-state index contributed by atoms with van der Waals surface area (Å²) in [4.78, 5) is 4.83. The molecular weight excluding hydrogens is 234 g/mol. The van der Waals surface area contributed by atoms with Crippen LogP contribution < -0.4 is 5.73 Å². The van der Waals surface area contributed by atoms with Gasteiger partial charge in [-0.3, -0.25) is 0 Å². The molecule has 0 radical (unpaired) electrons. The fourth-order valence-corrected chi connectivity index (χ4v) is 2.49. The lowest BCUT2D eigenvalue weighted by molar-refractivity contribution is 0.642. The maximum Gasteiger partial charge on any atom is 0.141 e. The van der Waals surface area contributed by atoms with Gasteiger partial charge in [0, 0.05) is 18.0 Å². The molecular formula is C16H21N3. The summed E-state index contributed by atoms with van der Waals surface area (Å²) in [6, 6.07) is 10.4. The summed E-state index contributed by atoms with van der Waals surface area (Å²) in [5.74, 6) is 2.52. The van der Waals surface area contributed by atoms with Crippen LogP contribution in [0.5, 0.6) is 0 Å². The number of anilines is 1. The van der Waals surface area contributed by atoms with Crippen LogP contribution in [0.25, 0.3) is 11.4 Å². The topological polar surface area (TPSA) is 43.8 Å². The molecule has 3 heteroatoms. The minimum absolute atomic E-state index is 0.602. The van der Waals surface area contributed by atoms with Crippen LogP contribution in [0.1, 0.15) is 44.2 Å². The number of hydrogen-bond donors (Lipinski definition) is 1. The quantitative estimate of drug-likeness (QED) is 0.883. The van der Waals surface area contributed by atoms with E-state index >= 15 is 0 Å². The van der Waals surface area contributed by atoms with Gasteiger partial charge in [0.2, 0.25) is 0 Å². The highest BCUT2D eigenvalue weighted by molar-refractivity contribution is 5.61. The number of imidazole rings is 1. The van der Waals surface area contributed by atoms with Gasteiger partial charge in [-0.25, -0.2) is 4.98 Å². The van der Waals surface area contributed by atoms with Crippen molar-refractivity contribution in [2.45, 2.75) is 45.1 Å². The van der Waals surface area contributed by atoms with Crippen LogP contribution in [0.4, 0.5) is 5.82 Å². The van der Waals surface area contributed by atoms with E-state index in [4.69, 9.17) is 10.7 Å². The Labute approximate surface area is 114 Å². The van der Waals surface area contributed by atoms with Crippen LogP contribution in [0.2, 0.25) is 0 Å². The van der Waals surface area contributed by atoms with Gasteiger partial charge in [0.05, 0.1) is 5.69 Å². The van der Waals surface area contributed by atoms with Crippen molar-refractivity contribution in [3.8, 4) is 11.4 Å². The summed E-state index contributed by atoms with van der Waals surface area (Å²) < 4.78 is 2.20. The molecule has 1 heterocycles. The van der Waals surface area contributed by atoms with Gasteiger partial charge >= 0.3 is 0 Å². The van der Waals surface area contributed by atoms with Gasteiger partial charge in [0.1, 0.15) is 11.6 Å². The lowest BCUT2D eigenvalue weighted by atomic mass is 10.2. The molecule has 0 unspecified atom stereocenters. The summed E-state index contributed by atoms with van der Waals surface area (Å²) in [6.45, 7) is 3.17. The number of unbranched alkanes of at least 4 members (excludes halogenated alkanes) is 1. The summed E-state index contributed by atoms with van der Waals surface area (Å²) in [7, 11) is 0. The molecule has 2 aromatic rings. The lowest BCUT2D eigenvalue weighted by Crippen LogP contribution is -2.05. The number of rotatable bonds is 5. The molecule has 0 spiro atoms. The summed E-state index contributed by atoms with van der Waals surface area (Å²) in [6.07, 6.45) is 4.79. The second-order valence-electron chi connectivity index (χ2n) is 5.35. The Morgan fingerprint density at radius 1 is 1.26 bits per heavy atom. The SMILES string of the molecule is CCCCn1c(-c2ccccc2)nc(C2CC2)c1N. The molecule has 3 rings (SSSR count). The maximum absolute atomic E-state index is 6.32. The van der Waals surface area contributed by atoms with Crippen LogP contribution in [-0.4, -0.2) is 9.55 Å². The van der Waals surface area contributed by atoms with Crippen molar-refractivity contribution in [1.82, 2.24) is 9.55 Å². The number of aromatic nitrogens is 2. The standard InChI is InChI=1S/C16H21N3/c1-2-3-11-19-15(17)14(12-9-10-12)18-16(19)13-7-5-4-6-8-13/h4-8,12H,2-3,9-11,17H2,1H3. The number of nitrogen functional groups attached to an aromatic ring is 1. The van der Waals surface area contributed by atoms with E-state index in [0.717, 1.165) is 35.9 Å². The van der Waals surface area contributed by atoms with Gasteiger partial charge in [-0.2, -0.15) is 0 Å². The lowest BCUT2D eigenvalue weighted by Gasteiger charge is -2.09. The predicted molar refractivity (Wildman–Crippen MR) is 79.0 cm³/mol. The summed E-state index contributed by atoms with van der Waals surface area (Å²) in [5.41, 5.74) is 8.61. The van der Waals surface area contributed by atoms with Gasteiger partial charge in [-0.15, -0.1) is 0 Å². The number of benzene rings is 1. The first-order chi connectivity index (χ1) is 9.31. The van der Waals surface area contributed by atoms with Gasteiger partial charge in [0.15, 0.2) is 0 Å².